The van der Waals surface area contributed by atoms with E-state index < -0.39 is 11.9 Å². The normalized spacial score (nSPS) is 6.88. The lowest BCUT2D eigenvalue weighted by molar-refractivity contribution is -0.164. The van der Waals surface area contributed by atoms with Crippen LogP contribution in [0.15, 0.2) is 0 Å². The van der Waals surface area contributed by atoms with E-state index in [1.807, 2.05) is 0 Å². The van der Waals surface area contributed by atoms with Crippen molar-refractivity contribution in [3.05, 3.63) is 0 Å². The van der Waals surface area contributed by atoms with Gasteiger partial charge in [-0.05, 0) is 24.4 Å². The number of methoxy groups -OCH3 is 2. The molecule has 0 unspecified atom stereocenters. The van der Waals surface area contributed by atoms with E-state index in [0.29, 0.717) is 0 Å². The van der Waals surface area contributed by atoms with E-state index in [0.717, 1.165) is 14.2 Å². The first kappa shape index (κ1) is 19.8. The molecule has 0 heterocycles. The Morgan fingerprint density at radius 3 is 1.00 bits per heavy atom. The minimum absolute atomic E-state index is 0.000000000000000222. The molecule has 0 spiro atoms. The number of nitrogens with two attached hydrogens (primary N) is 4. The first-order valence-electron chi connectivity index (χ1n) is 3.45. The quantitative estimate of drug-likeness (QED) is 0.214. The van der Waals surface area contributed by atoms with Crippen molar-refractivity contribution in [3.63, 3.8) is 0 Å². The molecule has 0 radical (unpaired) electrons. The number of hydrogen-bond acceptors (Lipinski definition) is 6. The average Bonchev–Trinajstić information content (AvgIpc) is 2.13. The van der Waals surface area contributed by atoms with Gasteiger partial charge in [-0.1, -0.05) is 0 Å². The van der Waals surface area contributed by atoms with Gasteiger partial charge in [0.05, 0.1) is 14.2 Å². The summed E-state index contributed by atoms with van der Waals surface area (Å²) < 4.78 is 7.98. The summed E-state index contributed by atoms with van der Waals surface area (Å²) in [5, 5.41) is 0.000000000000000444. The van der Waals surface area contributed by atoms with Crippen molar-refractivity contribution in [2.75, 3.05) is 14.2 Å². The molecule has 10 heteroatoms. The van der Waals surface area contributed by atoms with Crippen molar-refractivity contribution in [3.8, 4) is 0 Å². The molecule has 0 aromatic carbocycles. The molecule has 0 aromatic heterocycles. The number of hydrogen-bond donors (Lipinski definition) is 4. The molecule has 8 nitrogen and oxygen atoms in total. The average molecular weight is 270 g/mol. The van der Waals surface area contributed by atoms with E-state index in [-0.39, 0.29) is 10.2 Å². The maximum atomic E-state index is 10.0. The highest BCUT2D eigenvalue weighted by atomic mass is 32.1. The number of rotatable bonds is 0. The molecule has 0 amide bonds. The van der Waals surface area contributed by atoms with Gasteiger partial charge in [-0.25, -0.2) is 9.59 Å². The highest BCUT2D eigenvalue weighted by molar-refractivity contribution is 7.80. The van der Waals surface area contributed by atoms with Crippen molar-refractivity contribution < 1.29 is 19.1 Å². The third-order valence-electron chi connectivity index (χ3n) is 0.537. The molecular formula is C6H14N4O4S2. The number of ether oxygens (including phenoxy) is 2. The largest absolute Gasteiger partial charge is 0.461 e. The molecule has 0 saturated heterocycles. The van der Waals surface area contributed by atoms with Crippen molar-refractivity contribution in [2.24, 2.45) is 22.9 Å². The number of carbonyl (C=O) groups is 2. The summed E-state index contributed by atoms with van der Waals surface area (Å²) in [6, 6.07) is 0. The van der Waals surface area contributed by atoms with Crippen LogP contribution < -0.4 is 22.9 Å². The lowest BCUT2D eigenvalue weighted by Crippen LogP contribution is -2.18. The Labute approximate surface area is 103 Å². The van der Waals surface area contributed by atoms with E-state index in [9.17, 15) is 9.59 Å². The van der Waals surface area contributed by atoms with Crippen LogP contribution in [-0.4, -0.2) is 36.4 Å². The highest BCUT2D eigenvalue weighted by Gasteiger charge is 2.11. The van der Waals surface area contributed by atoms with Crippen LogP contribution in [-0.2, 0) is 19.1 Å². The van der Waals surface area contributed by atoms with Crippen LogP contribution in [0.3, 0.4) is 0 Å². The maximum Gasteiger partial charge on any atom is 0.417 e. The number of carbonyl (C=O) groups excluding carboxylic acids is 2. The molecule has 0 saturated carbocycles. The molecule has 0 aromatic rings. The minimum atomic E-state index is -0.979. The zero-order valence-corrected chi connectivity index (χ0v) is 10.4. The van der Waals surface area contributed by atoms with Gasteiger partial charge >= 0.3 is 11.9 Å². The van der Waals surface area contributed by atoms with E-state index in [1.165, 1.54) is 0 Å². The highest BCUT2D eigenvalue weighted by Crippen LogP contribution is 1.75. The second kappa shape index (κ2) is 13.3. The van der Waals surface area contributed by atoms with Gasteiger partial charge in [0.1, 0.15) is 0 Å². The van der Waals surface area contributed by atoms with Gasteiger partial charge in [-0.15, -0.1) is 0 Å². The summed E-state index contributed by atoms with van der Waals surface area (Å²) in [5.41, 5.74) is 18.5. The fourth-order valence-electron chi connectivity index (χ4n) is 0.167. The summed E-state index contributed by atoms with van der Waals surface area (Å²) in [4.78, 5) is 20.1. The molecule has 0 fully saturated rings. The lowest BCUT2D eigenvalue weighted by Gasteiger charge is -1.92. The van der Waals surface area contributed by atoms with E-state index >= 15 is 0 Å². The summed E-state index contributed by atoms with van der Waals surface area (Å²) in [7, 11) is 2.22. The first-order chi connectivity index (χ1) is 7.18. The van der Waals surface area contributed by atoms with Gasteiger partial charge in [-0.2, -0.15) is 0 Å². The van der Waals surface area contributed by atoms with Crippen LogP contribution in [0.4, 0.5) is 0 Å². The number of esters is 2. The fourth-order valence-corrected chi connectivity index (χ4v) is 0.167. The smallest absolute Gasteiger partial charge is 0.417 e. The zero-order valence-electron chi connectivity index (χ0n) is 8.76. The Kier molecular flexibility index (Phi) is 16.5. The standard InChI is InChI=1S/C4H6O4.2CH4N2S/c1-7-3(5)4(6)8-2;2*2-1(3)4/h1-2H3;2*(H4,2,3,4). The molecular weight excluding hydrogens is 256 g/mol. The minimum Gasteiger partial charge on any atom is -0.461 e. The second-order valence-electron chi connectivity index (χ2n) is 1.79. The Morgan fingerprint density at radius 1 is 0.812 bits per heavy atom. The third kappa shape index (κ3) is 39.5. The van der Waals surface area contributed by atoms with Gasteiger partial charge in [0.2, 0.25) is 0 Å². The van der Waals surface area contributed by atoms with Gasteiger partial charge in [-0.3, -0.25) is 0 Å². The molecule has 0 bridgehead atoms. The summed E-state index contributed by atoms with van der Waals surface area (Å²) in [6.07, 6.45) is 0. The fraction of sp³-hybridized carbons (Fsp3) is 0.333. The summed E-state index contributed by atoms with van der Waals surface area (Å²) >= 11 is 8.19. The van der Waals surface area contributed by atoms with Crippen LogP contribution in [0.25, 0.3) is 0 Å². The predicted molar refractivity (Wildman–Crippen MR) is 66.0 cm³/mol. The molecule has 0 rings (SSSR count). The topological polar surface area (TPSA) is 157 Å². The second-order valence-corrected chi connectivity index (χ2v) is 2.73. The van der Waals surface area contributed by atoms with E-state index in [1.54, 1.807) is 0 Å². The van der Waals surface area contributed by atoms with Gasteiger partial charge < -0.3 is 32.4 Å². The molecule has 0 aliphatic carbocycles. The van der Waals surface area contributed by atoms with Crippen LogP contribution >= 0.6 is 24.4 Å². The van der Waals surface area contributed by atoms with Gasteiger partial charge in [0.25, 0.3) is 0 Å². The van der Waals surface area contributed by atoms with Crippen molar-refractivity contribution in [1.29, 1.82) is 0 Å². The summed E-state index contributed by atoms with van der Waals surface area (Å²) in [6.45, 7) is 0. The number of thiocarbonyl (C=S) groups is 2. The first-order valence-corrected chi connectivity index (χ1v) is 4.26. The molecule has 0 aliphatic rings. The molecule has 16 heavy (non-hydrogen) atoms. The van der Waals surface area contributed by atoms with Crippen LogP contribution in [0.2, 0.25) is 0 Å². The molecule has 0 atom stereocenters. The molecule has 8 N–H and O–H groups in total. The Morgan fingerprint density at radius 2 is 0.938 bits per heavy atom. The van der Waals surface area contributed by atoms with Crippen LogP contribution in [0.5, 0.6) is 0 Å². The molecule has 0 aliphatic heterocycles. The SMILES string of the molecule is COC(=O)C(=O)OC.NC(N)=S.NC(N)=S. The van der Waals surface area contributed by atoms with E-state index in [2.05, 4.69) is 56.8 Å². The maximum absolute atomic E-state index is 10.0. The predicted octanol–water partition coefficient (Wildman–Crippen LogP) is -2.29. The van der Waals surface area contributed by atoms with Crippen LogP contribution in [0.1, 0.15) is 0 Å². The van der Waals surface area contributed by atoms with Gasteiger partial charge in [0, 0.05) is 0 Å². The summed E-state index contributed by atoms with van der Waals surface area (Å²) in [5.74, 6) is -1.96. The van der Waals surface area contributed by atoms with Crippen molar-refractivity contribution in [2.45, 2.75) is 0 Å². The Hall–Kier alpha value is -1.68. The van der Waals surface area contributed by atoms with Crippen molar-refractivity contribution >= 4 is 46.6 Å². The third-order valence-corrected chi connectivity index (χ3v) is 0.537. The Bertz CT molecular complexity index is 225. The monoisotopic (exact) mass is 270 g/mol. The van der Waals surface area contributed by atoms with Gasteiger partial charge in [0.15, 0.2) is 10.2 Å². The zero-order chi connectivity index (χ0) is 13.7. The van der Waals surface area contributed by atoms with Crippen molar-refractivity contribution in [1.82, 2.24) is 0 Å². The molecule has 94 valence electrons. The van der Waals surface area contributed by atoms with E-state index in [4.69, 9.17) is 0 Å². The van der Waals surface area contributed by atoms with Crippen LogP contribution in [0, 0.1) is 0 Å². The Balaban J connectivity index is -0.000000179. The lowest BCUT2D eigenvalue weighted by atomic mass is 10.7.